The molecular weight excluding hydrogens is 443 g/mol. The minimum Gasteiger partial charge on any atom is -0.494 e. The number of halogens is 1. The molecule has 26 heavy (non-hydrogen) atoms. The number of aromatic nitrogens is 1. The first-order valence-corrected chi connectivity index (χ1v) is 8.29. The minimum atomic E-state index is -0.117. The molecular formula is C19H27IN4O2. The van der Waals surface area contributed by atoms with Gasteiger partial charge in [-0.05, 0) is 63.6 Å². The van der Waals surface area contributed by atoms with E-state index in [-0.39, 0.29) is 29.5 Å². The maximum Gasteiger partial charge on any atom is 0.219 e. The molecule has 0 spiro atoms. The quantitative estimate of drug-likeness (QED) is 0.378. The van der Waals surface area contributed by atoms with E-state index in [0.29, 0.717) is 30.7 Å². The van der Waals surface area contributed by atoms with Crippen molar-refractivity contribution in [1.82, 2.24) is 10.3 Å². The number of benzene rings is 1. The van der Waals surface area contributed by atoms with Gasteiger partial charge in [-0.15, -0.1) is 24.0 Å². The van der Waals surface area contributed by atoms with Crippen molar-refractivity contribution in [1.29, 1.82) is 0 Å². The molecule has 1 aromatic heterocycles. The zero-order chi connectivity index (χ0) is 18.3. The van der Waals surface area contributed by atoms with Crippen LogP contribution < -0.4 is 20.5 Å². The van der Waals surface area contributed by atoms with Gasteiger partial charge in [0, 0.05) is 17.8 Å². The van der Waals surface area contributed by atoms with E-state index in [1.54, 1.807) is 6.20 Å². The minimum absolute atomic E-state index is 0. The lowest BCUT2D eigenvalue weighted by Crippen LogP contribution is -2.44. The van der Waals surface area contributed by atoms with Gasteiger partial charge in [0.15, 0.2) is 5.96 Å². The molecule has 2 rings (SSSR count). The Hall–Kier alpha value is -2.03. The molecule has 0 bridgehead atoms. The van der Waals surface area contributed by atoms with Crippen molar-refractivity contribution >= 4 is 29.9 Å². The lowest BCUT2D eigenvalue weighted by molar-refractivity contribution is 0.339. The normalized spacial score (nSPS) is 11.5. The second-order valence-electron chi connectivity index (χ2n) is 6.59. The Morgan fingerprint density at radius 3 is 2.42 bits per heavy atom. The molecule has 0 fully saturated rings. The molecule has 6 nitrogen and oxygen atoms in total. The Kier molecular flexibility index (Phi) is 8.64. The zero-order valence-electron chi connectivity index (χ0n) is 15.7. The van der Waals surface area contributed by atoms with Crippen LogP contribution in [0.15, 0.2) is 47.6 Å². The van der Waals surface area contributed by atoms with Crippen molar-refractivity contribution in [2.45, 2.75) is 39.8 Å². The van der Waals surface area contributed by atoms with E-state index in [2.05, 4.69) is 15.3 Å². The third-order valence-electron chi connectivity index (χ3n) is 3.09. The summed E-state index contributed by atoms with van der Waals surface area (Å²) >= 11 is 0. The first-order chi connectivity index (χ1) is 11.9. The Labute approximate surface area is 172 Å². The van der Waals surface area contributed by atoms with E-state index >= 15 is 0 Å². The molecule has 0 aliphatic heterocycles. The lowest BCUT2D eigenvalue weighted by atomic mass is 10.1. The highest BCUT2D eigenvalue weighted by Crippen LogP contribution is 2.23. The zero-order valence-corrected chi connectivity index (χ0v) is 18.0. The Morgan fingerprint density at radius 2 is 1.81 bits per heavy atom. The first kappa shape index (κ1) is 22.0. The molecule has 0 amide bonds. The van der Waals surface area contributed by atoms with Crippen molar-refractivity contribution in [3.63, 3.8) is 0 Å². The summed E-state index contributed by atoms with van der Waals surface area (Å²) in [6.45, 7) is 9.14. The summed E-state index contributed by atoms with van der Waals surface area (Å²) in [5.41, 5.74) is 6.74. The van der Waals surface area contributed by atoms with Gasteiger partial charge < -0.3 is 20.5 Å². The van der Waals surface area contributed by atoms with Crippen LogP contribution in [0.1, 0.15) is 33.3 Å². The first-order valence-electron chi connectivity index (χ1n) is 8.29. The number of nitrogens with one attached hydrogen (secondary N) is 1. The number of aliphatic imine (C=N–C) groups is 1. The molecule has 1 aromatic carbocycles. The van der Waals surface area contributed by atoms with Gasteiger partial charge in [0.1, 0.15) is 11.5 Å². The number of nitrogens with zero attached hydrogens (tertiary/aromatic N) is 2. The van der Waals surface area contributed by atoms with Gasteiger partial charge in [0.25, 0.3) is 0 Å². The van der Waals surface area contributed by atoms with E-state index < -0.39 is 0 Å². The monoisotopic (exact) mass is 470 g/mol. The molecule has 3 N–H and O–H groups in total. The van der Waals surface area contributed by atoms with Gasteiger partial charge in [0.2, 0.25) is 5.88 Å². The van der Waals surface area contributed by atoms with E-state index in [1.807, 2.05) is 64.1 Å². The third-order valence-corrected chi connectivity index (χ3v) is 3.09. The summed E-state index contributed by atoms with van der Waals surface area (Å²) in [7, 11) is 0. The van der Waals surface area contributed by atoms with E-state index in [1.165, 1.54) is 0 Å². The van der Waals surface area contributed by atoms with Crippen LogP contribution in [-0.2, 0) is 6.54 Å². The van der Waals surface area contributed by atoms with E-state index in [0.717, 1.165) is 11.3 Å². The topological polar surface area (TPSA) is 81.8 Å². The Balaban J connectivity index is 0.00000338. The van der Waals surface area contributed by atoms with Crippen LogP contribution in [0.2, 0.25) is 0 Å². The van der Waals surface area contributed by atoms with Crippen molar-refractivity contribution in [3.05, 3.63) is 48.2 Å². The summed E-state index contributed by atoms with van der Waals surface area (Å²) in [4.78, 5) is 8.57. The highest BCUT2D eigenvalue weighted by molar-refractivity contribution is 14.0. The molecule has 0 saturated heterocycles. The number of ether oxygens (including phenoxy) is 2. The molecule has 0 aliphatic carbocycles. The summed E-state index contributed by atoms with van der Waals surface area (Å²) in [5, 5.41) is 3.13. The van der Waals surface area contributed by atoms with Gasteiger partial charge in [-0.25, -0.2) is 9.98 Å². The highest BCUT2D eigenvalue weighted by atomic mass is 127. The molecule has 2 aromatic rings. The number of pyridine rings is 1. The maximum atomic E-state index is 5.89. The molecule has 0 radical (unpaired) electrons. The molecule has 142 valence electrons. The number of guanidine groups is 1. The summed E-state index contributed by atoms with van der Waals surface area (Å²) < 4.78 is 11.2. The molecule has 0 saturated carbocycles. The SMILES string of the molecule is CCOc1ccc(Oc2cc(CN=C(N)NC(C)(C)C)ccn2)cc1.I. The van der Waals surface area contributed by atoms with E-state index in [9.17, 15) is 0 Å². The maximum absolute atomic E-state index is 5.89. The van der Waals surface area contributed by atoms with E-state index in [4.69, 9.17) is 15.2 Å². The van der Waals surface area contributed by atoms with Crippen LogP contribution >= 0.6 is 24.0 Å². The number of rotatable bonds is 6. The standard InChI is InChI=1S/C19H26N4O2.HI/c1-5-24-15-6-8-16(9-7-15)25-17-12-14(10-11-21-17)13-22-18(20)23-19(2,3)4;/h6-12H,5,13H2,1-4H3,(H3,20,22,23);1H. The molecule has 1 heterocycles. The van der Waals surface area contributed by atoms with Gasteiger partial charge in [-0.2, -0.15) is 0 Å². The predicted octanol–water partition coefficient (Wildman–Crippen LogP) is 4.09. The molecule has 7 heteroatoms. The third kappa shape index (κ3) is 7.90. The average Bonchev–Trinajstić information content (AvgIpc) is 2.54. The van der Waals surface area contributed by atoms with Crippen LogP contribution in [-0.4, -0.2) is 23.1 Å². The van der Waals surface area contributed by atoms with Crippen molar-refractivity contribution in [2.75, 3.05) is 6.61 Å². The van der Waals surface area contributed by atoms with Gasteiger partial charge in [-0.1, -0.05) is 0 Å². The van der Waals surface area contributed by atoms with Crippen LogP contribution in [0, 0.1) is 0 Å². The number of nitrogens with two attached hydrogens (primary N) is 1. The fourth-order valence-corrected chi connectivity index (χ4v) is 2.10. The van der Waals surface area contributed by atoms with Gasteiger partial charge >= 0.3 is 0 Å². The second kappa shape index (κ2) is 10.2. The average molecular weight is 470 g/mol. The summed E-state index contributed by atoms with van der Waals surface area (Å²) in [5.74, 6) is 2.44. The Morgan fingerprint density at radius 1 is 1.15 bits per heavy atom. The smallest absolute Gasteiger partial charge is 0.219 e. The van der Waals surface area contributed by atoms with Crippen LogP contribution in [0.4, 0.5) is 0 Å². The summed E-state index contributed by atoms with van der Waals surface area (Å²) in [6.07, 6.45) is 1.70. The highest BCUT2D eigenvalue weighted by Gasteiger charge is 2.09. The second-order valence-corrected chi connectivity index (χ2v) is 6.59. The lowest BCUT2D eigenvalue weighted by Gasteiger charge is -2.20. The fraction of sp³-hybridized carbons (Fsp3) is 0.368. The fourth-order valence-electron chi connectivity index (χ4n) is 2.10. The number of hydrogen-bond donors (Lipinski definition) is 2. The van der Waals surface area contributed by atoms with Crippen LogP contribution in [0.25, 0.3) is 0 Å². The number of hydrogen-bond acceptors (Lipinski definition) is 4. The summed E-state index contributed by atoms with van der Waals surface area (Å²) in [6, 6.07) is 11.2. The van der Waals surface area contributed by atoms with Gasteiger partial charge in [-0.3, -0.25) is 0 Å². The van der Waals surface area contributed by atoms with Crippen molar-refractivity contribution in [3.8, 4) is 17.4 Å². The molecule has 0 unspecified atom stereocenters. The van der Waals surface area contributed by atoms with Crippen LogP contribution in [0.3, 0.4) is 0 Å². The van der Waals surface area contributed by atoms with Crippen LogP contribution in [0.5, 0.6) is 17.4 Å². The Bertz CT molecular complexity index is 712. The largest absolute Gasteiger partial charge is 0.494 e. The molecule has 0 aliphatic rings. The van der Waals surface area contributed by atoms with Gasteiger partial charge in [0.05, 0.1) is 13.2 Å². The van der Waals surface area contributed by atoms with Crippen molar-refractivity contribution in [2.24, 2.45) is 10.7 Å². The predicted molar refractivity (Wildman–Crippen MR) is 116 cm³/mol. The van der Waals surface area contributed by atoms with Crippen molar-refractivity contribution < 1.29 is 9.47 Å². The molecule has 0 atom stereocenters.